The standard InChI is InChI=1S/C23H36N6/c1-2-9-22(28-18-16-27(17-19-28)21-12-7-4-8-13-21)23-24-25-26-29(23)15-14-20-10-5-3-6-11-20/h3,5-6,10-11,21-22H,2,4,7-9,12-19H2,1H3/p+2/t22-/m1/s1. The van der Waals surface area contributed by atoms with Gasteiger partial charge in [0.2, 0.25) is 5.82 Å². The van der Waals surface area contributed by atoms with Gasteiger partial charge in [0, 0.05) is 13.0 Å². The molecule has 158 valence electrons. The van der Waals surface area contributed by atoms with E-state index in [2.05, 4.69) is 57.5 Å². The fourth-order valence-corrected chi connectivity index (χ4v) is 5.46. The van der Waals surface area contributed by atoms with Gasteiger partial charge >= 0.3 is 0 Å². The van der Waals surface area contributed by atoms with E-state index in [9.17, 15) is 0 Å². The third-order valence-corrected chi connectivity index (χ3v) is 7.11. The van der Waals surface area contributed by atoms with Crippen LogP contribution >= 0.6 is 0 Å². The van der Waals surface area contributed by atoms with Crippen molar-refractivity contribution < 1.29 is 9.80 Å². The Kier molecular flexibility index (Phi) is 7.28. The third-order valence-electron chi connectivity index (χ3n) is 7.11. The maximum Gasteiger partial charge on any atom is 0.209 e. The molecule has 4 rings (SSSR count). The van der Waals surface area contributed by atoms with E-state index in [4.69, 9.17) is 0 Å². The molecule has 0 amide bonds. The molecule has 1 saturated heterocycles. The summed E-state index contributed by atoms with van der Waals surface area (Å²) in [6.07, 6.45) is 10.6. The smallest absolute Gasteiger partial charge is 0.209 e. The molecule has 2 aromatic rings. The summed E-state index contributed by atoms with van der Waals surface area (Å²) >= 11 is 0. The molecule has 0 unspecified atom stereocenters. The first kappa shape index (κ1) is 20.5. The lowest BCUT2D eigenvalue weighted by molar-refractivity contribution is -1.04. The zero-order chi connectivity index (χ0) is 19.9. The highest BCUT2D eigenvalue weighted by Gasteiger charge is 2.36. The van der Waals surface area contributed by atoms with Gasteiger partial charge in [-0.25, -0.2) is 4.68 Å². The fourth-order valence-electron chi connectivity index (χ4n) is 5.46. The summed E-state index contributed by atoms with van der Waals surface area (Å²) in [4.78, 5) is 3.56. The highest BCUT2D eigenvalue weighted by Crippen LogP contribution is 2.16. The predicted molar refractivity (Wildman–Crippen MR) is 114 cm³/mol. The molecule has 29 heavy (non-hydrogen) atoms. The van der Waals surface area contributed by atoms with Crippen molar-refractivity contribution in [3.05, 3.63) is 41.7 Å². The Bertz CT molecular complexity index is 716. The minimum atomic E-state index is 0.429. The second kappa shape index (κ2) is 10.3. The van der Waals surface area contributed by atoms with E-state index in [1.165, 1.54) is 76.7 Å². The molecular formula is C23H38N6+2. The van der Waals surface area contributed by atoms with Gasteiger partial charge in [0.15, 0.2) is 0 Å². The van der Waals surface area contributed by atoms with Crippen molar-refractivity contribution in [1.82, 2.24) is 20.2 Å². The van der Waals surface area contributed by atoms with Gasteiger partial charge in [-0.3, -0.25) is 0 Å². The van der Waals surface area contributed by atoms with Gasteiger partial charge < -0.3 is 9.80 Å². The summed E-state index contributed by atoms with van der Waals surface area (Å²) in [5.74, 6) is 1.10. The number of benzene rings is 1. The highest BCUT2D eigenvalue weighted by molar-refractivity contribution is 5.14. The molecule has 0 radical (unpaired) electrons. The molecule has 2 N–H and O–H groups in total. The van der Waals surface area contributed by atoms with Crippen LogP contribution in [0.5, 0.6) is 0 Å². The molecule has 0 bridgehead atoms. The number of nitrogens with zero attached hydrogens (tertiary/aromatic N) is 4. The molecule has 0 spiro atoms. The summed E-state index contributed by atoms with van der Waals surface area (Å²) in [7, 11) is 0. The van der Waals surface area contributed by atoms with E-state index in [0.717, 1.165) is 24.8 Å². The van der Waals surface area contributed by atoms with Crippen molar-refractivity contribution in [2.75, 3.05) is 26.2 Å². The first-order valence-corrected chi connectivity index (χ1v) is 11.8. The molecule has 1 aromatic carbocycles. The van der Waals surface area contributed by atoms with Crippen LogP contribution in [0, 0.1) is 0 Å². The maximum atomic E-state index is 4.51. The van der Waals surface area contributed by atoms with Crippen molar-refractivity contribution in [1.29, 1.82) is 0 Å². The van der Waals surface area contributed by atoms with Gasteiger partial charge in [0.25, 0.3) is 0 Å². The Morgan fingerprint density at radius 2 is 1.79 bits per heavy atom. The molecule has 2 aliphatic rings. The van der Waals surface area contributed by atoms with E-state index in [1.807, 2.05) is 4.90 Å². The SMILES string of the molecule is CCC[C@H](c1nnnn1CCc1ccccc1)[NH+]1CC[NH+](C2CCCCC2)CC1. The van der Waals surface area contributed by atoms with Gasteiger partial charge in [0.1, 0.15) is 32.2 Å². The molecule has 6 heteroatoms. The lowest BCUT2D eigenvalue weighted by Gasteiger charge is -2.38. The average molecular weight is 399 g/mol. The molecule has 2 heterocycles. The molecule has 1 aromatic heterocycles. The van der Waals surface area contributed by atoms with E-state index in [1.54, 1.807) is 4.90 Å². The second-order valence-corrected chi connectivity index (χ2v) is 8.99. The van der Waals surface area contributed by atoms with Gasteiger partial charge in [-0.15, -0.1) is 5.10 Å². The summed E-state index contributed by atoms with van der Waals surface area (Å²) in [6.45, 7) is 8.27. The molecule has 6 nitrogen and oxygen atoms in total. The normalized spacial score (nSPS) is 24.4. The molecule has 1 aliphatic carbocycles. The van der Waals surface area contributed by atoms with Crippen LogP contribution in [0.3, 0.4) is 0 Å². The monoisotopic (exact) mass is 398 g/mol. The first-order chi connectivity index (χ1) is 14.3. The van der Waals surface area contributed by atoms with E-state index < -0.39 is 0 Å². The van der Waals surface area contributed by atoms with Gasteiger partial charge in [0.05, 0.1) is 6.04 Å². The summed E-state index contributed by atoms with van der Waals surface area (Å²) in [5, 5.41) is 12.9. The third kappa shape index (κ3) is 5.23. The fraction of sp³-hybridized carbons (Fsp3) is 0.696. The number of quaternary nitrogens is 2. The Morgan fingerprint density at radius 1 is 1.03 bits per heavy atom. The van der Waals surface area contributed by atoms with Crippen molar-refractivity contribution in [2.24, 2.45) is 0 Å². The number of hydrogen-bond acceptors (Lipinski definition) is 3. The largest absolute Gasteiger partial charge is 0.323 e. The topological polar surface area (TPSA) is 52.5 Å². The Labute approximate surface area is 175 Å². The van der Waals surface area contributed by atoms with Crippen LogP contribution in [-0.4, -0.2) is 52.4 Å². The number of aryl methyl sites for hydroxylation is 2. The molecule has 2 fully saturated rings. The van der Waals surface area contributed by atoms with Crippen LogP contribution in [0.15, 0.2) is 30.3 Å². The Hall–Kier alpha value is -1.79. The lowest BCUT2D eigenvalue weighted by Crippen LogP contribution is -3.29. The Balaban J connectivity index is 1.38. The van der Waals surface area contributed by atoms with Crippen LogP contribution in [0.4, 0.5) is 0 Å². The van der Waals surface area contributed by atoms with Crippen LogP contribution < -0.4 is 9.80 Å². The predicted octanol–water partition coefficient (Wildman–Crippen LogP) is 0.873. The number of tetrazole rings is 1. The molecule has 1 saturated carbocycles. The van der Waals surface area contributed by atoms with Gasteiger partial charge in [-0.2, -0.15) is 0 Å². The van der Waals surface area contributed by atoms with Crippen LogP contribution in [0.25, 0.3) is 0 Å². The quantitative estimate of drug-likeness (QED) is 0.694. The molecule has 1 atom stereocenters. The highest BCUT2D eigenvalue weighted by atomic mass is 15.6. The Morgan fingerprint density at radius 3 is 2.52 bits per heavy atom. The van der Waals surface area contributed by atoms with Crippen LogP contribution in [-0.2, 0) is 13.0 Å². The minimum absolute atomic E-state index is 0.429. The van der Waals surface area contributed by atoms with Gasteiger partial charge in [-0.05, 0) is 48.1 Å². The zero-order valence-electron chi connectivity index (χ0n) is 18.0. The summed E-state index contributed by atoms with van der Waals surface area (Å²) in [5.41, 5.74) is 1.35. The number of piperazine rings is 1. The molecular weight excluding hydrogens is 360 g/mol. The van der Waals surface area contributed by atoms with E-state index >= 15 is 0 Å². The van der Waals surface area contributed by atoms with E-state index in [0.29, 0.717) is 6.04 Å². The second-order valence-electron chi connectivity index (χ2n) is 8.99. The number of aromatic nitrogens is 4. The van der Waals surface area contributed by atoms with Crippen LogP contribution in [0.2, 0.25) is 0 Å². The number of rotatable bonds is 8. The average Bonchev–Trinajstić information content (AvgIpc) is 3.26. The van der Waals surface area contributed by atoms with E-state index in [-0.39, 0.29) is 0 Å². The summed E-state index contributed by atoms with van der Waals surface area (Å²) in [6, 6.07) is 12.0. The lowest BCUT2D eigenvalue weighted by atomic mass is 9.93. The van der Waals surface area contributed by atoms with Crippen molar-refractivity contribution in [2.45, 2.75) is 76.9 Å². The van der Waals surface area contributed by atoms with Gasteiger partial charge in [-0.1, -0.05) is 50.1 Å². The maximum absolute atomic E-state index is 4.51. The number of hydrogen-bond donors (Lipinski definition) is 2. The number of nitrogens with one attached hydrogen (secondary N) is 2. The zero-order valence-corrected chi connectivity index (χ0v) is 18.0. The summed E-state index contributed by atoms with van der Waals surface area (Å²) < 4.78 is 2.07. The van der Waals surface area contributed by atoms with Crippen molar-refractivity contribution in [3.63, 3.8) is 0 Å². The first-order valence-electron chi connectivity index (χ1n) is 11.8. The minimum Gasteiger partial charge on any atom is -0.323 e. The van der Waals surface area contributed by atoms with Crippen molar-refractivity contribution >= 4 is 0 Å². The van der Waals surface area contributed by atoms with Crippen molar-refractivity contribution in [3.8, 4) is 0 Å². The molecule has 1 aliphatic heterocycles. The van der Waals surface area contributed by atoms with Crippen LogP contribution in [0.1, 0.15) is 69.3 Å².